The number of anilines is 1. The summed E-state index contributed by atoms with van der Waals surface area (Å²) < 4.78 is 11.4. The van der Waals surface area contributed by atoms with Crippen LogP contribution in [-0.2, 0) is 4.79 Å². The van der Waals surface area contributed by atoms with Gasteiger partial charge in [0.15, 0.2) is 12.2 Å². The van der Waals surface area contributed by atoms with E-state index in [0.29, 0.717) is 33.3 Å². The molecule has 0 saturated heterocycles. The number of oxazole rings is 1. The fourth-order valence-corrected chi connectivity index (χ4v) is 3.74. The van der Waals surface area contributed by atoms with Crippen molar-refractivity contribution >= 4 is 45.9 Å². The molecule has 0 unspecified atom stereocenters. The molecule has 0 aliphatic carbocycles. The van der Waals surface area contributed by atoms with Gasteiger partial charge in [-0.3, -0.25) is 4.79 Å². The number of nitrogens with one attached hydrogen (secondary N) is 1. The minimum Gasteiger partial charge on any atom is -0.482 e. The second kappa shape index (κ2) is 9.63. The maximum Gasteiger partial charge on any atom is 0.262 e. The lowest BCUT2D eigenvalue weighted by molar-refractivity contribution is -0.118. The molecule has 1 atom stereocenters. The van der Waals surface area contributed by atoms with Gasteiger partial charge in [0, 0.05) is 16.3 Å². The average molecular weight is 469 g/mol. The smallest absolute Gasteiger partial charge is 0.262 e. The minimum atomic E-state index is -0.316. The second-order valence-electron chi connectivity index (χ2n) is 7.55. The first-order chi connectivity index (χ1) is 15.4. The molecule has 0 aliphatic rings. The third kappa shape index (κ3) is 5.06. The van der Waals surface area contributed by atoms with Crippen LogP contribution in [0, 0.1) is 0 Å². The summed E-state index contributed by atoms with van der Waals surface area (Å²) in [5, 5.41) is 3.66. The standard InChI is InChI=1S/C25H22Cl2N2O3/c1-3-15(2)16-7-9-23-21(12-16)29-25(32-23)17-5-4-6-19(11-17)28-24(30)14-31-22-10-8-18(26)13-20(22)27/h4-13,15H,3,14H2,1-2H3,(H,28,30)/t15-/m0/s1. The molecule has 5 nitrogen and oxygen atoms in total. The Bertz CT molecular complexity index is 1270. The number of rotatable bonds is 7. The monoisotopic (exact) mass is 468 g/mol. The van der Waals surface area contributed by atoms with Crippen molar-refractivity contribution in [3.63, 3.8) is 0 Å². The lowest BCUT2D eigenvalue weighted by Crippen LogP contribution is -2.20. The second-order valence-corrected chi connectivity index (χ2v) is 8.39. The van der Waals surface area contributed by atoms with Crippen LogP contribution >= 0.6 is 23.2 Å². The number of benzene rings is 3. The van der Waals surface area contributed by atoms with E-state index >= 15 is 0 Å². The van der Waals surface area contributed by atoms with Crippen LogP contribution < -0.4 is 10.1 Å². The van der Waals surface area contributed by atoms with Crippen LogP contribution in [0.5, 0.6) is 5.75 Å². The van der Waals surface area contributed by atoms with Gasteiger partial charge in [-0.25, -0.2) is 4.98 Å². The summed E-state index contributed by atoms with van der Waals surface area (Å²) in [6, 6.07) is 18.3. The van der Waals surface area contributed by atoms with Gasteiger partial charge in [0.25, 0.3) is 5.91 Å². The summed E-state index contributed by atoms with van der Waals surface area (Å²) in [5.74, 6) is 1.04. The van der Waals surface area contributed by atoms with Crippen LogP contribution in [0.3, 0.4) is 0 Å². The number of carbonyl (C=O) groups excluding carboxylic acids is 1. The van der Waals surface area contributed by atoms with Gasteiger partial charge < -0.3 is 14.5 Å². The van der Waals surface area contributed by atoms with E-state index < -0.39 is 0 Å². The predicted octanol–water partition coefficient (Wildman–Crippen LogP) is 7.33. The summed E-state index contributed by atoms with van der Waals surface area (Å²) in [7, 11) is 0. The van der Waals surface area contributed by atoms with Gasteiger partial charge in [0.05, 0.1) is 5.02 Å². The van der Waals surface area contributed by atoms with E-state index in [1.165, 1.54) is 5.56 Å². The Morgan fingerprint density at radius 3 is 2.75 bits per heavy atom. The van der Waals surface area contributed by atoms with Crippen molar-refractivity contribution in [2.45, 2.75) is 26.2 Å². The summed E-state index contributed by atoms with van der Waals surface area (Å²) in [5.41, 5.74) is 4.17. The molecule has 0 radical (unpaired) electrons. The highest BCUT2D eigenvalue weighted by Crippen LogP contribution is 2.30. The molecule has 7 heteroatoms. The van der Waals surface area contributed by atoms with Gasteiger partial charge >= 0.3 is 0 Å². The molecule has 3 aromatic carbocycles. The van der Waals surface area contributed by atoms with Gasteiger partial charge in [0.2, 0.25) is 5.89 Å². The number of hydrogen-bond acceptors (Lipinski definition) is 4. The number of carbonyl (C=O) groups is 1. The first-order valence-corrected chi connectivity index (χ1v) is 11.1. The number of amides is 1. The van der Waals surface area contributed by atoms with Crippen LogP contribution in [0.1, 0.15) is 31.7 Å². The Morgan fingerprint density at radius 1 is 1.12 bits per heavy atom. The molecule has 164 valence electrons. The summed E-state index contributed by atoms with van der Waals surface area (Å²) in [6.07, 6.45) is 1.06. The van der Waals surface area contributed by atoms with Crippen molar-refractivity contribution < 1.29 is 13.9 Å². The number of halogens is 2. The third-order valence-corrected chi connectivity index (χ3v) is 5.77. The van der Waals surface area contributed by atoms with Crippen molar-refractivity contribution in [2.24, 2.45) is 0 Å². The van der Waals surface area contributed by atoms with Crippen molar-refractivity contribution in [3.05, 3.63) is 76.3 Å². The Kier molecular flexibility index (Phi) is 6.68. The number of aromatic nitrogens is 1. The number of nitrogens with zero attached hydrogens (tertiary/aromatic N) is 1. The Hall–Kier alpha value is -3.02. The van der Waals surface area contributed by atoms with Crippen LogP contribution in [0.25, 0.3) is 22.6 Å². The summed E-state index contributed by atoms with van der Waals surface area (Å²) in [4.78, 5) is 17.0. The minimum absolute atomic E-state index is 0.188. The molecule has 32 heavy (non-hydrogen) atoms. The zero-order valence-corrected chi connectivity index (χ0v) is 19.2. The quantitative estimate of drug-likeness (QED) is 0.308. The maximum atomic E-state index is 12.3. The molecule has 4 aromatic rings. The van der Waals surface area contributed by atoms with E-state index in [-0.39, 0.29) is 12.5 Å². The molecule has 1 amide bonds. The maximum absolute atomic E-state index is 12.3. The van der Waals surface area contributed by atoms with Gasteiger partial charge in [-0.15, -0.1) is 0 Å². The molecule has 0 saturated carbocycles. The highest BCUT2D eigenvalue weighted by Gasteiger charge is 2.12. The van der Waals surface area contributed by atoms with Crippen molar-refractivity contribution in [3.8, 4) is 17.2 Å². The van der Waals surface area contributed by atoms with E-state index in [2.05, 4.69) is 36.3 Å². The van der Waals surface area contributed by atoms with Gasteiger partial charge in [-0.05, 0) is 66.4 Å². The first kappa shape index (κ1) is 22.2. The molecular weight excluding hydrogens is 447 g/mol. The van der Waals surface area contributed by atoms with E-state index in [1.54, 1.807) is 24.3 Å². The van der Waals surface area contributed by atoms with Gasteiger partial charge in [-0.1, -0.05) is 49.2 Å². The molecule has 1 aromatic heterocycles. The molecule has 0 bridgehead atoms. The molecule has 0 spiro atoms. The zero-order chi connectivity index (χ0) is 22.7. The Labute approximate surface area is 196 Å². The first-order valence-electron chi connectivity index (χ1n) is 10.3. The number of fused-ring (bicyclic) bond motifs is 1. The van der Waals surface area contributed by atoms with Crippen LogP contribution in [0.15, 0.2) is 65.1 Å². The van der Waals surface area contributed by atoms with Crippen LogP contribution in [-0.4, -0.2) is 17.5 Å². The number of ether oxygens (including phenoxy) is 1. The predicted molar refractivity (Wildman–Crippen MR) is 129 cm³/mol. The van der Waals surface area contributed by atoms with Crippen molar-refractivity contribution in [1.29, 1.82) is 0 Å². The highest BCUT2D eigenvalue weighted by molar-refractivity contribution is 6.35. The van der Waals surface area contributed by atoms with Gasteiger partial charge in [0.1, 0.15) is 11.3 Å². The molecule has 1 N–H and O–H groups in total. The molecule has 4 rings (SSSR count). The van der Waals surface area contributed by atoms with E-state index in [9.17, 15) is 4.79 Å². The molecule has 0 aliphatic heterocycles. The van der Waals surface area contributed by atoms with E-state index in [4.69, 9.17) is 32.4 Å². The zero-order valence-electron chi connectivity index (χ0n) is 17.7. The largest absolute Gasteiger partial charge is 0.482 e. The van der Waals surface area contributed by atoms with Crippen molar-refractivity contribution in [2.75, 3.05) is 11.9 Å². The number of hydrogen-bond donors (Lipinski definition) is 1. The third-order valence-electron chi connectivity index (χ3n) is 5.24. The molecule has 0 fully saturated rings. The normalized spacial score (nSPS) is 12.0. The van der Waals surface area contributed by atoms with Crippen LogP contribution in [0.4, 0.5) is 5.69 Å². The topological polar surface area (TPSA) is 64.4 Å². The Balaban J connectivity index is 1.46. The van der Waals surface area contributed by atoms with Crippen LogP contribution in [0.2, 0.25) is 10.0 Å². The van der Waals surface area contributed by atoms with E-state index in [1.807, 2.05) is 24.3 Å². The average Bonchev–Trinajstić information content (AvgIpc) is 3.21. The van der Waals surface area contributed by atoms with Gasteiger partial charge in [-0.2, -0.15) is 0 Å². The summed E-state index contributed by atoms with van der Waals surface area (Å²) >= 11 is 11.9. The summed E-state index contributed by atoms with van der Waals surface area (Å²) in [6.45, 7) is 4.17. The lowest BCUT2D eigenvalue weighted by Gasteiger charge is -2.09. The van der Waals surface area contributed by atoms with E-state index in [0.717, 1.165) is 23.1 Å². The highest BCUT2D eigenvalue weighted by atomic mass is 35.5. The Morgan fingerprint density at radius 2 is 1.97 bits per heavy atom. The lowest BCUT2D eigenvalue weighted by atomic mass is 9.98. The molecule has 1 heterocycles. The SMILES string of the molecule is CC[C@H](C)c1ccc2oc(-c3cccc(NC(=O)COc4ccc(Cl)cc4Cl)c3)nc2c1. The fraction of sp³-hybridized carbons (Fsp3) is 0.200. The molecular formula is C25H22Cl2N2O3. The van der Waals surface area contributed by atoms with Crippen molar-refractivity contribution in [1.82, 2.24) is 4.98 Å². The fourth-order valence-electron chi connectivity index (χ4n) is 3.27.